The Hall–Kier alpha value is -2.92. The minimum Gasteiger partial charge on any atom is -0.364 e. The Morgan fingerprint density at radius 1 is 0.833 bits per heavy atom. The number of benzene rings is 2. The number of aryl methyl sites for hydroxylation is 1. The van der Waals surface area contributed by atoms with E-state index in [9.17, 15) is 9.59 Å². The quantitative estimate of drug-likeness (QED) is 0.694. The molecule has 2 aliphatic heterocycles. The van der Waals surface area contributed by atoms with Gasteiger partial charge in [-0.1, -0.05) is 67.1 Å². The molecule has 156 valence electrons. The van der Waals surface area contributed by atoms with E-state index in [2.05, 4.69) is 34.1 Å². The molecule has 0 spiro atoms. The van der Waals surface area contributed by atoms with Gasteiger partial charge in [0.25, 0.3) is 11.8 Å². The van der Waals surface area contributed by atoms with Crippen LogP contribution in [0.15, 0.2) is 60.3 Å². The van der Waals surface area contributed by atoms with Gasteiger partial charge < -0.3 is 4.90 Å². The molecule has 2 aliphatic rings. The molecule has 0 atom stereocenters. The van der Waals surface area contributed by atoms with Crippen LogP contribution in [0.5, 0.6) is 0 Å². The first-order valence-electron chi connectivity index (χ1n) is 10.8. The molecule has 0 unspecified atom stereocenters. The van der Waals surface area contributed by atoms with Crippen molar-refractivity contribution in [1.29, 1.82) is 0 Å². The van der Waals surface area contributed by atoms with Crippen LogP contribution in [-0.2, 0) is 16.1 Å². The summed E-state index contributed by atoms with van der Waals surface area (Å²) in [5.41, 5.74) is 4.41. The minimum atomic E-state index is -0.160. The van der Waals surface area contributed by atoms with E-state index in [-0.39, 0.29) is 11.8 Å². The van der Waals surface area contributed by atoms with Crippen molar-refractivity contribution in [2.45, 2.75) is 26.8 Å². The van der Waals surface area contributed by atoms with Gasteiger partial charge in [-0.25, -0.2) is 0 Å². The van der Waals surface area contributed by atoms with Gasteiger partial charge in [0.15, 0.2) is 0 Å². The van der Waals surface area contributed by atoms with Gasteiger partial charge in [0.05, 0.1) is 5.57 Å². The monoisotopic (exact) mass is 403 g/mol. The maximum Gasteiger partial charge on any atom is 0.277 e. The normalized spacial score (nSPS) is 17.9. The molecule has 0 bridgehead atoms. The van der Waals surface area contributed by atoms with Gasteiger partial charge in [-0.05, 0) is 24.5 Å². The lowest BCUT2D eigenvalue weighted by Crippen LogP contribution is -2.47. The summed E-state index contributed by atoms with van der Waals surface area (Å²) < 4.78 is 0. The summed E-state index contributed by atoms with van der Waals surface area (Å²) in [6.07, 6.45) is 0.761. The highest BCUT2D eigenvalue weighted by atomic mass is 16.2. The highest BCUT2D eigenvalue weighted by Gasteiger charge is 2.41. The standard InChI is InChI=1S/C25H29N3O2/c1-3-13-28-24(29)22(21-11-9-19(2)10-12-21)23(25(28)30)27-16-14-26(15-17-27)18-20-7-5-4-6-8-20/h4-12H,3,13-18H2,1-2H3. The topological polar surface area (TPSA) is 43.9 Å². The predicted octanol–water partition coefficient (Wildman–Crippen LogP) is 3.30. The second-order valence-corrected chi connectivity index (χ2v) is 8.10. The molecule has 0 saturated carbocycles. The fraction of sp³-hybridized carbons (Fsp3) is 0.360. The number of carbonyl (C=O) groups excluding carboxylic acids is 2. The van der Waals surface area contributed by atoms with Crippen molar-refractivity contribution in [3.8, 4) is 0 Å². The number of nitrogens with zero attached hydrogens (tertiary/aromatic N) is 3. The van der Waals surface area contributed by atoms with Crippen LogP contribution >= 0.6 is 0 Å². The fourth-order valence-corrected chi connectivity index (χ4v) is 4.23. The Kier molecular flexibility index (Phi) is 6.00. The van der Waals surface area contributed by atoms with Gasteiger partial charge in [0.2, 0.25) is 0 Å². The number of amides is 2. The molecule has 1 fully saturated rings. The Labute approximate surface area is 178 Å². The van der Waals surface area contributed by atoms with Crippen LogP contribution in [0.1, 0.15) is 30.0 Å². The lowest BCUT2D eigenvalue weighted by molar-refractivity contribution is -0.137. The number of carbonyl (C=O) groups is 2. The van der Waals surface area contributed by atoms with Crippen molar-refractivity contribution in [1.82, 2.24) is 14.7 Å². The van der Waals surface area contributed by atoms with E-state index < -0.39 is 0 Å². The lowest BCUT2D eigenvalue weighted by atomic mass is 10.0. The Bertz CT molecular complexity index is 942. The third-order valence-corrected chi connectivity index (χ3v) is 5.87. The first kappa shape index (κ1) is 20.4. The average molecular weight is 404 g/mol. The zero-order valence-electron chi connectivity index (χ0n) is 17.8. The Morgan fingerprint density at radius 3 is 2.13 bits per heavy atom. The molecule has 5 nitrogen and oxygen atoms in total. The molecular weight excluding hydrogens is 374 g/mol. The second-order valence-electron chi connectivity index (χ2n) is 8.10. The second kappa shape index (κ2) is 8.84. The van der Waals surface area contributed by atoms with Crippen molar-refractivity contribution in [3.05, 3.63) is 77.0 Å². The van der Waals surface area contributed by atoms with E-state index in [1.54, 1.807) is 0 Å². The largest absolute Gasteiger partial charge is 0.364 e. The molecule has 2 aromatic rings. The number of imide groups is 1. The highest BCUT2D eigenvalue weighted by Crippen LogP contribution is 2.32. The first-order chi connectivity index (χ1) is 14.6. The molecule has 2 aromatic carbocycles. The van der Waals surface area contributed by atoms with Crippen molar-refractivity contribution < 1.29 is 9.59 Å². The summed E-state index contributed by atoms with van der Waals surface area (Å²) in [5, 5.41) is 0. The lowest BCUT2D eigenvalue weighted by Gasteiger charge is -2.36. The molecule has 0 aromatic heterocycles. The summed E-state index contributed by atoms with van der Waals surface area (Å²) >= 11 is 0. The van der Waals surface area contributed by atoms with Crippen molar-refractivity contribution >= 4 is 17.4 Å². The first-order valence-corrected chi connectivity index (χ1v) is 10.8. The molecule has 1 saturated heterocycles. The van der Waals surface area contributed by atoms with Gasteiger partial charge in [-0.2, -0.15) is 0 Å². The van der Waals surface area contributed by atoms with E-state index in [0.717, 1.165) is 50.3 Å². The SMILES string of the molecule is CCCN1C(=O)C(c2ccc(C)cc2)=C(N2CCN(Cc3ccccc3)CC2)C1=O. The summed E-state index contributed by atoms with van der Waals surface area (Å²) in [5.74, 6) is -0.304. The average Bonchev–Trinajstić information content (AvgIpc) is 3.01. The highest BCUT2D eigenvalue weighted by molar-refractivity contribution is 6.35. The summed E-state index contributed by atoms with van der Waals surface area (Å²) in [6.45, 7) is 8.62. The predicted molar refractivity (Wildman–Crippen MR) is 118 cm³/mol. The van der Waals surface area contributed by atoms with Crippen LogP contribution in [0.3, 0.4) is 0 Å². The molecule has 2 amide bonds. The van der Waals surface area contributed by atoms with E-state index in [0.29, 0.717) is 17.8 Å². The zero-order valence-corrected chi connectivity index (χ0v) is 17.8. The van der Waals surface area contributed by atoms with Crippen LogP contribution in [0.2, 0.25) is 0 Å². The van der Waals surface area contributed by atoms with Crippen molar-refractivity contribution in [3.63, 3.8) is 0 Å². The molecule has 4 rings (SSSR count). The molecule has 0 N–H and O–H groups in total. The fourth-order valence-electron chi connectivity index (χ4n) is 4.23. The van der Waals surface area contributed by atoms with Gasteiger partial charge >= 0.3 is 0 Å². The van der Waals surface area contributed by atoms with E-state index in [4.69, 9.17) is 0 Å². The van der Waals surface area contributed by atoms with Crippen LogP contribution in [0.4, 0.5) is 0 Å². The summed E-state index contributed by atoms with van der Waals surface area (Å²) in [4.78, 5) is 32.3. The number of rotatable bonds is 6. The van der Waals surface area contributed by atoms with Crippen LogP contribution in [0, 0.1) is 6.92 Å². The van der Waals surface area contributed by atoms with Gasteiger partial charge in [0, 0.05) is 39.3 Å². The van der Waals surface area contributed by atoms with Gasteiger partial charge in [0.1, 0.15) is 5.70 Å². The zero-order chi connectivity index (χ0) is 21.1. The summed E-state index contributed by atoms with van der Waals surface area (Å²) in [7, 11) is 0. The molecule has 30 heavy (non-hydrogen) atoms. The van der Waals surface area contributed by atoms with Gasteiger partial charge in [-0.3, -0.25) is 19.4 Å². The van der Waals surface area contributed by atoms with Crippen molar-refractivity contribution in [2.75, 3.05) is 32.7 Å². The van der Waals surface area contributed by atoms with E-state index >= 15 is 0 Å². The van der Waals surface area contributed by atoms with E-state index in [1.165, 1.54) is 10.5 Å². The molecule has 0 radical (unpaired) electrons. The van der Waals surface area contributed by atoms with Crippen LogP contribution in [-0.4, -0.2) is 59.2 Å². The number of hydrogen-bond donors (Lipinski definition) is 0. The molecule has 0 aliphatic carbocycles. The number of piperazine rings is 1. The molecule has 5 heteroatoms. The van der Waals surface area contributed by atoms with Gasteiger partial charge in [-0.15, -0.1) is 0 Å². The minimum absolute atomic E-state index is 0.145. The maximum absolute atomic E-state index is 13.2. The Morgan fingerprint density at radius 2 is 1.50 bits per heavy atom. The Balaban J connectivity index is 1.57. The van der Waals surface area contributed by atoms with Crippen molar-refractivity contribution in [2.24, 2.45) is 0 Å². The maximum atomic E-state index is 13.2. The van der Waals surface area contributed by atoms with Crippen LogP contribution < -0.4 is 0 Å². The molecular formula is C25H29N3O2. The van der Waals surface area contributed by atoms with Crippen LogP contribution in [0.25, 0.3) is 5.57 Å². The smallest absolute Gasteiger partial charge is 0.277 e. The third kappa shape index (κ3) is 4.03. The van der Waals surface area contributed by atoms with E-state index in [1.807, 2.05) is 44.2 Å². The number of hydrogen-bond acceptors (Lipinski definition) is 4. The summed E-state index contributed by atoms with van der Waals surface area (Å²) in [6, 6.07) is 18.4. The molecule has 2 heterocycles. The third-order valence-electron chi connectivity index (χ3n) is 5.87.